The smallest absolute Gasteiger partial charge is 0.291 e. The second-order valence-electron chi connectivity index (χ2n) is 6.20. The standard InChI is InChI=1S/C20H25N5O2/c1-4-24(5-2)13-17-10-11-18(27-17)20(26)22-16-9-7-8-15(12-16)19-23-21-14-25(19)6-3/h7-12,14H,4-6,13H2,1-3H3,(H,22,26). The van der Waals surface area contributed by atoms with Crippen LogP contribution >= 0.6 is 0 Å². The lowest BCUT2D eigenvalue weighted by molar-refractivity contribution is 0.0993. The second-order valence-corrected chi connectivity index (χ2v) is 6.20. The van der Waals surface area contributed by atoms with Gasteiger partial charge in [0.1, 0.15) is 12.1 Å². The van der Waals surface area contributed by atoms with Crippen LogP contribution in [0, 0.1) is 0 Å². The van der Waals surface area contributed by atoms with Crippen LogP contribution in [0.1, 0.15) is 37.1 Å². The zero-order valence-corrected chi connectivity index (χ0v) is 16.0. The van der Waals surface area contributed by atoms with Crippen LogP contribution in [0.25, 0.3) is 11.4 Å². The highest BCUT2D eigenvalue weighted by Crippen LogP contribution is 2.21. The molecule has 7 heteroatoms. The van der Waals surface area contributed by atoms with Crippen molar-refractivity contribution in [1.29, 1.82) is 0 Å². The number of amides is 1. The summed E-state index contributed by atoms with van der Waals surface area (Å²) >= 11 is 0. The minimum absolute atomic E-state index is 0.269. The second kappa shape index (κ2) is 8.64. The molecule has 1 amide bonds. The third-order valence-corrected chi connectivity index (χ3v) is 4.49. The Labute approximate surface area is 159 Å². The van der Waals surface area contributed by atoms with Gasteiger partial charge in [0.05, 0.1) is 6.54 Å². The number of rotatable bonds is 8. The number of aryl methyl sites for hydroxylation is 1. The number of carbonyl (C=O) groups excluding carboxylic acids is 1. The summed E-state index contributed by atoms with van der Waals surface area (Å²) in [7, 11) is 0. The van der Waals surface area contributed by atoms with E-state index in [2.05, 4.69) is 34.3 Å². The Kier molecular flexibility index (Phi) is 6.03. The first-order valence-electron chi connectivity index (χ1n) is 9.25. The lowest BCUT2D eigenvalue weighted by Gasteiger charge is -2.15. The maximum Gasteiger partial charge on any atom is 0.291 e. The van der Waals surface area contributed by atoms with Crippen molar-refractivity contribution < 1.29 is 9.21 Å². The third kappa shape index (κ3) is 4.43. The summed E-state index contributed by atoms with van der Waals surface area (Å²) in [6.45, 7) is 9.59. The molecule has 0 aliphatic carbocycles. The van der Waals surface area contributed by atoms with E-state index in [0.717, 1.165) is 36.8 Å². The van der Waals surface area contributed by atoms with Crippen molar-refractivity contribution >= 4 is 11.6 Å². The normalized spacial score (nSPS) is 11.1. The quantitative estimate of drug-likeness (QED) is 0.658. The molecule has 7 nitrogen and oxygen atoms in total. The maximum atomic E-state index is 12.5. The first kappa shape index (κ1) is 18.8. The van der Waals surface area contributed by atoms with Crippen LogP contribution in [0.4, 0.5) is 5.69 Å². The first-order chi connectivity index (χ1) is 13.1. The molecule has 0 aliphatic rings. The molecule has 3 aromatic rings. The molecule has 0 spiro atoms. The molecule has 0 aliphatic heterocycles. The molecule has 0 bridgehead atoms. The number of nitrogens with one attached hydrogen (secondary N) is 1. The highest BCUT2D eigenvalue weighted by molar-refractivity contribution is 6.02. The van der Waals surface area contributed by atoms with Crippen molar-refractivity contribution in [1.82, 2.24) is 19.7 Å². The van der Waals surface area contributed by atoms with Gasteiger partial charge in [-0.2, -0.15) is 0 Å². The van der Waals surface area contributed by atoms with Crippen LogP contribution < -0.4 is 5.32 Å². The first-order valence-corrected chi connectivity index (χ1v) is 9.25. The molecular formula is C20H25N5O2. The molecule has 1 aromatic carbocycles. The lowest BCUT2D eigenvalue weighted by atomic mass is 10.2. The van der Waals surface area contributed by atoms with Gasteiger partial charge in [0.25, 0.3) is 5.91 Å². The Morgan fingerprint density at radius 2 is 2.00 bits per heavy atom. The summed E-state index contributed by atoms with van der Waals surface area (Å²) in [5.41, 5.74) is 1.58. The van der Waals surface area contributed by atoms with E-state index < -0.39 is 0 Å². The van der Waals surface area contributed by atoms with Gasteiger partial charge in [-0.1, -0.05) is 26.0 Å². The molecular weight excluding hydrogens is 342 g/mol. The molecule has 1 N–H and O–H groups in total. The maximum absolute atomic E-state index is 12.5. The molecule has 0 saturated carbocycles. The van der Waals surface area contributed by atoms with Crippen LogP contribution in [-0.4, -0.2) is 38.7 Å². The zero-order chi connectivity index (χ0) is 19.2. The average molecular weight is 367 g/mol. The van der Waals surface area contributed by atoms with Gasteiger partial charge in [0.15, 0.2) is 11.6 Å². The lowest BCUT2D eigenvalue weighted by Crippen LogP contribution is -2.21. The third-order valence-electron chi connectivity index (χ3n) is 4.49. The van der Waals surface area contributed by atoms with E-state index >= 15 is 0 Å². The molecule has 0 fully saturated rings. The zero-order valence-electron chi connectivity index (χ0n) is 16.0. The summed E-state index contributed by atoms with van der Waals surface area (Å²) in [6.07, 6.45) is 1.70. The highest BCUT2D eigenvalue weighted by Gasteiger charge is 2.14. The Balaban J connectivity index is 1.71. The number of nitrogens with zero attached hydrogens (tertiary/aromatic N) is 4. The Morgan fingerprint density at radius 1 is 1.19 bits per heavy atom. The van der Waals surface area contributed by atoms with Crippen molar-refractivity contribution in [3.05, 3.63) is 54.2 Å². The van der Waals surface area contributed by atoms with E-state index in [4.69, 9.17) is 4.42 Å². The predicted octanol–water partition coefficient (Wildman–Crippen LogP) is 3.65. The van der Waals surface area contributed by atoms with E-state index in [0.29, 0.717) is 18.0 Å². The Hall–Kier alpha value is -2.93. The van der Waals surface area contributed by atoms with E-state index in [-0.39, 0.29) is 5.91 Å². The van der Waals surface area contributed by atoms with Crippen molar-refractivity contribution in [3.63, 3.8) is 0 Å². The summed E-state index contributed by atoms with van der Waals surface area (Å²) in [4.78, 5) is 14.8. The van der Waals surface area contributed by atoms with Crippen molar-refractivity contribution in [3.8, 4) is 11.4 Å². The van der Waals surface area contributed by atoms with Gasteiger partial charge in [-0.3, -0.25) is 9.69 Å². The van der Waals surface area contributed by atoms with E-state index in [9.17, 15) is 4.79 Å². The monoisotopic (exact) mass is 367 g/mol. The molecule has 0 saturated heterocycles. The van der Waals surface area contributed by atoms with Gasteiger partial charge >= 0.3 is 0 Å². The molecule has 2 heterocycles. The van der Waals surface area contributed by atoms with Gasteiger partial charge in [0, 0.05) is 17.8 Å². The summed E-state index contributed by atoms with van der Waals surface area (Å²) in [5, 5.41) is 11.0. The molecule has 0 atom stereocenters. The topological polar surface area (TPSA) is 76.2 Å². The van der Waals surface area contributed by atoms with Crippen LogP contribution in [0.3, 0.4) is 0 Å². The Bertz CT molecular complexity index is 895. The highest BCUT2D eigenvalue weighted by atomic mass is 16.4. The van der Waals surface area contributed by atoms with Crippen LogP contribution in [-0.2, 0) is 13.1 Å². The summed E-state index contributed by atoms with van der Waals surface area (Å²) in [5.74, 6) is 1.59. The van der Waals surface area contributed by atoms with Gasteiger partial charge in [-0.15, -0.1) is 10.2 Å². The SMILES string of the molecule is CCN(CC)Cc1ccc(C(=O)Nc2cccc(-c3nncn3CC)c2)o1. The predicted molar refractivity (Wildman–Crippen MR) is 104 cm³/mol. The van der Waals surface area contributed by atoms with Gasteiger partial charge in [-0.25, -0.2) is 0 Å². The van der Waals surface area contributed by atoms with E-state index in [1.807, 2.05) is 41.8 Å². The van der Waals surface area contributed by atoms with E-state index in [1.54, 1.807) is 12.4 Å². The fourth-order valence-corrected chi connectivity index (χ4v) is 2.89. The molecule has 0 unspecified atom stereocenters. The fraction of sp³-hybridized carbons (Fsp3) is 0.350. The number of aromatic nitrogens is 3. The van der Waals surface area contributed by atoms with Crippen LogP contribution in [0.15, 0.2) is 47.1 Å². The molecule has 0 radical (unpaired) electrons. The van der Waals surface area contributed by atoms with Crippen LogP contribution in [0.5, 0.6) is 0 Å². The Morgan fingerprint density at radius 3 is 2.74 bits per heavy atom. The molecule has 2 aromatic heterocycles. The van der Waals surface area contributed by atoms with Gasteiger partial charge in [0.2, 0.25) is 0 Å². The summed E-state index contributed by atoms with van der Waals surface area (Å²) in [6, 6.07) is 11.1. The van der Waals surface area contributed by atoms with Gasteiger partial charge < -0.3 is 14.3 Å². The number of furan rings is 1. The van der Waals surface area contributed by atoms with Crippen molar-refractivity contribution in [2.24, 2.45) is 0 Å². The number of hydrogen-bond acceptors (Lipinski definition) is 5. The number of hydrogen-bond donors (Lipinski definition) is 1. The number of carbonyl (C=O) groups is 1. The largest absolute Gasteiger partial charge is 0.455 e. The number of benzene rings is 1. The molecule has 27 heavy (non-hydrogen) atoms. The fourth-order valence-electron chi connectivity index (χ4n) is 2.89. The summed E-state index contributed by atoms with van der Waals surface area (Å²) < 4.78 is 7.66. The molecule has 3 rings (SSSR count). The van der Waals surface area contributed by atoms with Crippen molar-refractivity contribution in [2.75, 3.05) is 18.4 Å². The molecule has 142 valence electrons. The number of anilines is 1. The van der Waals surface area contributed by atoms with Gasteiger partial charge in [-0.05, 0) is 44.3 Å². The van der Waals surface area contributed by atoms with E-state index in [1.165, 1.54) is 0 Å². The van der Waals surface area contributed by atoms with Crippen LogP contribution in [0.2, 0.25) is 0 Å². The van der Waals surface area contributed by atoms with Crippen molar-refractivity contribution in [2.45, 2.75) is 33.9 Å². The average Bonchev–Trinajstić information content (AvgIpc) is 3.35. The minimum atomic E-state index is -0.269. The minimum Gasteiger partial charge on any atom is -0.455 e.